The maximum absolute atomic E-state index is 12.5. The SMILES string of the molecule is Cc1ccccc1N1CCN(Cc2cccc(N)c2)CC1=O. The van der Waals surface area contributed by atoms with Crippen molar-refractivity contribution in [1.82, 2.24) is 4.90 Å². The summed E-state index contributed by atoms with van der Waals surface area (Å²) in [6, 6.07) is 15.9. The summed E-state index contributed by atoms with van der Waals surface area (Å²) in [5.41, 5.74) is 9.89. The van der Waals surface area contributed by atoms with E-state index in [0.29, 0.717) is 6.54 Å². The Morgan fingerprint density at radius 2 is 1.91 bits per heavy atom. The van der Waals surface area contributed by atoms with Crippen LogP contribution in [0.2, 0.25) is 0 Å². The highest BCUT2D eigenvalue weighted by Crippen LogP contribution is 2.22. The Morgan fingerprint density at radius 1 is 1.09 bits per heavy atom. The molecule has 1 aliphatic rings. The Hall–Kier alpha value is -2.33. The van der Waals surface area contributed by atoms with E-state index < -0.39 is 0 Å². The van der Waals surface area contributed by atoms with Gasteiger partial charge in [-0.2, -0.15) is 0 Å². The lowest BCUT2D eigenvalue weighted by molar-refractivity contribution is -0.121. The van der Waals surface area contributed by atoms with E-state index in [9.17, 15) is 4.79 Å². The number of nitrogen functional groups attached to an aromatic ring is 1. The number of carbonyl (C=O) groups is 1. The molecule has 0 atom stereocenters. The van der Waals surface area contributed by atoms with Gasteiger partial charge in [-0.15, -0.1) is 0 Å². The first-order chi connectivity index (χ1) is 10.6. The number of rotatable bonds is 3. The van der Waals surface area contributed by atoms with Crippen LogP contribution in [0.3, 0.4) is 0 Å². The number of carbonyl (C=O) groups excluding carboxylic acids is 1. The summed E-state index contributed by atoms with van der Waals surface area (Å²) in [6.07, 6.45) is 0. The van der Waals surface area contributed by atoms with Gasteiger partial charge in [-0.25, -0.2) is 0 Å². The molecule has 3 rings (SSSR count). The number of hydrogen-bond donors (Lipinski definition) is 1. The summed E-state index contributed by atoms with van der Waals surface area (Å²) in [5, 5.41) is 0. The number of aryl methyl sites for hydroxylation is 1. The number of nitrogens with two attached hydrogens (primary N) is 1. The first-order valence-corrected chi connectivity index (χ1v) is 7.56. The molecule has 4 nitrogen and oxygen atoms in total. The van der Waals surface area contributed by atoms with Gasteiger partial charge < -0.3 is 10.6 Å². The predicted octanol–water partition coefficient (Wildman–Crippen LogP) is 2.43. The van der Waals surface area contributed by atoms with E-state index >= 15 is 0 Å². The van der Waals surface area contributed by atoms with Gasteiger partial charge in [-0.3, -0.25) is 9.69 Å². The van der Waals surface area contributed by atoms with Crippen LogP contribution in [0.15, 0.2) is 48.5 Å². The normalized spacial score (nSPS) is 16.0. The fraction of sp³-hybridized carbons (Fsp3) is 0.278. The van der Waals surface area contributed by atoms with Crippen molar-refractivity contribution in [2.75, 3.05) is 30.3 Å². The third-order valence-electron chi connectivity index (χ3n) is 4.06. The van der Waals surface area contributed by atoms with Crippen LogP contribution in [0.1, 0.15) is 11.1 Å². The van der Waals surface area contributed by atoms with Crippen LogP contribution in [0.5, 0.6) is 0 Å². The summed E-state index contributed by atoms with van der Waals surface area (Å²) < 4.78 is 0. The number of para-hydroxylation sites is 1. The summed E-state index contributed by atoms with van der Waals surface area (Å²) in [5.74, 6) is 0.157. The van der Waals surface area contributed by atoms with Gasteiger partial charge in [0, 0.05) is 31.0 Å². The number of piperazine rings is 1. The van der Waals surface area contributed by atoms with Gasteiger partial charge in [-0.1, -0.05) is 30.3 Å². The molecule has 114 valence electrons. The van der Waals surface area contributed by atoms with Gasteiger partial charge >= 0.3 is 0 Å². The molecule has 2 N–H and O–H groups in total. The van der Waals surface area contributed by atoms with Crippen molar-refractivity contribution in [3.8, 4) is 0 Å². The second kappa shape index (κ2) is 6.20. The summed E-state index contributed by atoms with van der Waals surface area (Å²) in [4.78, 5) is 16.5. The molecule has 0 spiro atoms. The van der Waals surface area contributed by atoms with Crippen LogP contribution in [0, 0.1) is 6.92 Å². The van der Waals surface area contributed by atoms with Crippen molar-refractivity contribution < 1.29 is 4.79 Å². The number of hydrogen-bond acceptors (Lipinski definition) is 3. The molecule has 0 aliphatic carbocycles. The van der Waals surface area contributed by atoms with Crippen molar-refractivity contribution in [1.29, 1.82) is 0 Å². The molecular weight excluding hydrogens is 274 g/mol. The largest absolute Gasteiger partial charge is 0.399 e. The Balaban J connectivity index is 1.68. The number of nitrogens with zero attached hydrogens (tertiary/aromatic N) is 2. The highest BCUT2D eigenvalue weighted by molar-refractivity contribution is 5.96. The molecule has 1 aliphatic heterocycles. The molecule has 22 heavy (non-hydrogen) atoms. The average molecular weight is 295 g/mol. The summed E-state index contributed by atoms with van der Waals surface area (Å²) in [6.45, 7) is 4.85. The second-order valence-electron chi connectivity index (χ2n) is 5.79. The Labute approximate surface area is 131 Å². The quantitative estimate of drug-likeness (QED) is 0.885. The van der Waals surface area contributed by atoms with E-state index in [1.54, 1.807) is 0 Å². The first kappa shape index (κ1) is 14.6. The maximum Gasteiger partial charge on any atom is 0.241 e. The fourth-order valence-corrected chi connectivity index (χ4v) is 2.93. The molecule has 0 unspecified atom stereocenters. The third kappa shape index (κ3) is 3.12. The van der Waals surface area contributed by atoms with E-state index in [0.717, 1.165) is 42.1 Å². The lowest BCUT2D eigenvalue weighted by Gasteiger charge is -2.35. The molecule has 0 bridgehead atoms. The molecule has 1 fully saturated rings. The van der Waals surface area contributed by atoms with Crippen molar-refractivity contribution in [3.63, 3.8) is 0 Å². The van der Waals surface area contributed by atoms with Crippen molar-refractivity contribution in [3.05, 3.63) is 59.7 Å². The van der Waals surface area contributed by atoms with Crippen LogP contribution < -0.4 is 10.6 Å². The molecule has 0 aromatic heterocycles. The minimum absolute atomic E-state index is 0.157. The van der Waals surface area contributed by atoms with Crippen LogP contribution in [-0.4, -0.2) is 30.4 Å². The highest BCUT2D eigenvalue weighted by atomic mass is 16.2. The lowest BCUT2D eigenvalue weighted by Crippen LogP contribution is -2.50. The molecule has 1 heterocycles. The van der Waals surface area contributed by atoms with Crippen LogP contribution >= 0.6 is 0 Å². The van der Waals surface area contributed by atoms with Crippen molar-refractivity contribution in [2.24, 2.45) is 0 Å². The van der Waals surface area contributed by atoms with E-state index in [1.165, 1.54) is 0 Å². The summed E-state index contributed by atoms with van der Waals surface area (Å²) >= 11 is 0. The van der Waals surface area contributed by atoms with E-state index in [4.69, 9.17) is 5.73 Å². The van der Waals surface area contributed by atoms with Gasteiger partial charge in [-0.05, 0) is 36.2 Å². The Kier molecular flexibility index (Phi) is 4.11. The second-order valence-corrected chi connectivity index (χ2v) is 5.79. The fourth-order valence-electron chi connectivity index (χ4n) is 2.93. The van der Waals surface area contributed by atoms with Crippen molar-refractivity contribution in [2.45, 2.75) is 13.5 Å². The monoisotopic (exact) mass is 295 g/mol. The smallest absolute Gasteiger partial charge is 0.241 e. The number of amides is 1. The predicted molar refractivity (Wildman–Crippen MR) is 89.7 cm³/mol. The molecule has 2 aromatic rings. The molecule has 1 amide bonds. The van der Waals surface area contributed by atoms with E-state index in [-0.39, 0.29) is 5.91 Å². The standard InChI is InChI=1S/C18H21N3O/c1-14-5-2-3-8-17(14)21-10-9-20(13-18(21)22)12-15-6-4-7-16(19)11-15/h2-8,11H,9-10,12-13,19H2,1H3. The zero-order valence-electron chi connectivity index (χ0n) is 12.8. The summed E-state index contributed by atoms with van der Waals surface area (Å²) in [7, 11) is 0. The Bertz CT molecular complexity index is 684. The zero-order chi connectivity index (χ0) is 15.5. The minimum Gasteiger partial charge on any atom is -0.399 e. The topological polar surface area (TPSA) is 49.6 Å². The molecule has 4 heteroatoms. The third-order valence-corrected chi connectivity index (χ3v) is 4.06. The van der Waals surface area contributed by atoms with Gasteiger partial charge in [0.15, 0.2) is 0 Å². The lowest BCUT2D eigenvalue weighted by atomic mass is 10.1. The van der Waals surface area contributed by atoms with E-state index in [1.807, 2.05) is 54.3 Å². The van der Waals surface area contributed by atoms with Crippen LogP contribution in [0.4, 0.5) is 11.4 Å². The zero-order valence-corrected chi connectivity index (χ0v) is 12.8. The van der Waals surface area contributed by atoms with Gasteiger partial charge in [0.25, 0.3) is 0 Å². The van der Waals surface area contributed by atoms with Crippen molar-refractivity contribution >= 4 is 17.3 Å². The van der Waals surface area contributed by atoms with Crippen LogP contribution in [0.25, 0.3) is 0 Å². The molecule has 0 saturated carbocycles. The number of benzene rings is 2. The van der Waals surface area contributed by atoms with Gasteiger partial charge in [0.05, 0.1) is 6.54 Å². The molecule has 2 aromatic carbocycles. The van der Waals surface area contributed by atoms with Gasteiger partial charge in [0.1, 0.15) is 0 Å². The van der Waals surface area contributed by atoms with Gasteiger partial charge in [0.2, 0.25) is 5.91 Å². The number of anilines is 2. The first-order valence-electron chi connectivity index (χ1n) is 7.56. The van der Waals surface area contributed by atoms with Crippen LogP contribution in [-0.2, 0) is 11.3 Å². The molecule has 0 radical (unpaired) electrons. The molecule has 1 saturated heterocycles. The minimum atomic E-state index is 0.157. The van der Waals surface area contributed by atoms with E-state index in [2.05, 4.69) is 11.0 Å². The molecular formula is C18H21N3O. The maximum atomic E-state index is 12.5. The highest BCUT2D eigenvalue weighted by Gasteiger charge is 2.25. The Morgan fingerprint density at radius 3 is 2.64 bits per heavy atom. The average Bonchev–Trinajstić information content (AvgIpc) is 2.49.